The third kappa shape index (κ3) is 3.67. The predicted molar refractivity (Wildman–Crippen MR) is 54.8 cm³/mol. The molecule has 1 aromatic carbocycles. The van der Waals surface area contributed by atoms with Gasteiger partial charge < -0.3 is 10.1 Å². The van der Waals surface area contributed by atoms with Gasteiger partial charge in [0.25, 0.3) is 0 Å². The highest BCUT2D eigenvalue weighted by atomic mass is 19.1. The third-order valence-electron chi connectivity index (χ3n) is 2.15. The van der Waals surface area contributed by atoms with Gasteiger partial charge in [-0.25, -0.2) is 4.39 Å². The van der Waals surface area contributed by atoms with Gasteiger partial charge in [0.2, 0.25) is 0 Å². The zero-order valence-corrected chi connectivity index (χ0v) is 8.79. The van der Waals surface area contributed by atoms with E-state index in [0.717, 1.165) is 5.56 Å². The highest BCUT2D eigenvalue weighted by Gasteiger charge is 2.07. The maximum atomic E-state index is 12.6. The first-order chi connectivity index (χ1) is 7.13. The monoisotopic (exact) mass is 211 g/mol. The molecule has 0 saturated heterocycles. The summed E-state index contributed by atoms with van der Waals surface area (Å²) >= 11 is 0. The van der Waals surface area contributed by atoms with Gasteiger partial charge in [-0.3, -0.25) is 4.79 Å². The fourth-order valence-electron chi connectivity index (χ4n) is 1.18. The molecule has 0 aliphatic heterocycles. The van der Waals surface area contributed by atoms with Gasteiger partial charge in [0.05, 0.1) is 13.7 Å². The molecule has 15 heavy (non-hydrogen) atoms. The average molecular weight is 211 g/mol. The van der Waals surface area contributed by atoms with Crippen molar-refractivity contribution in [2.45, 2.75) is 13.0 Å². The number of benzene rings is 1. The number of halogens is 1. The summed E-state index contributed by atoms with van der Waals surface area (Å²) in [5, 5.41) is 2.97. The normalized spacial score (nSPS) is 12.2. The molecule has 0 unspecified atom stereocenters. The molecular formula is C11H14FNO2. The lowest BCUT2D eigenvalue weighted by Gasteiger charge is -2.12. The molecule has 0 aliphatic rings. The molecule has 0 aliphatic carbocycles. The topological polar surface area (TPSA) is 38.3 Å². The molecule has 4 heteroatoms. The number of nitrogens with one attached hydrogen (secondary N) is 1. The summed E-state index contributed by atoms with van der Waals surface area (Å²) in [4.78, 5) is 10.9. The number of carbonyl (C=O) groups is 1. The van der Waals surface area contributed by atoms with Gasteiger partial charge in [-0.1, -0.05) is 12.1 Å². The van der Waals surface area contributed by atoms with Crippen molar-refractivity contribution in [3.8, 4) is 0 Å². The Kier molecular flexibility index (Phi) is 4.24. The van der Waals surface area contributed by atoms with E-state index in [1.807, 2.05) is 6.92 Å². The SMILES string of the molecule is COC(=O)CN[C@H](C)c1ccc(F)cc1. The Hall–Kier alpha value is -1.42. The smallest absolute Gasteiger partial charge is 0.319 e. The van der Waals surface area contributed by atoms with Crippen LogP contribution in [0.5, 0.6) is 0 Å². The van der Waals surface area contributed by atoms with E-state index in [0.29, 0.717) is 0 Å². The minimum Gasteiger partial charge on any atom is -0.468 e. The Morgan fingerprint density at radius 3 is 2.60 bits per heavy atom. The molecule has 0 amide bonds. The quantitative estimate of drug-likeness (QED) is 0.769. The number of esters is 1. The van der Waals surface area contributed by atoms with E-state index in [9.17, 15) is 9.18 Å². The fourth-order valence-corrected chi connectivity index (χ4v) is 1.18. The van der Waals surface area contributed by atoms with Crippen molar-refractivity contribution in [2.24, 2.45) is 0 Å². The second kappa shape index (κ2) is 5.46. The second-order valence-corrected chi connectivity index (χ2v) is 3.23. The van der Waals surface area contributed by atoms with Crippen LogP contribution in [0.15, 0.2) is 24.3 Å². The van der Waals surface area contributed by atoms with Gasteiger partial charge in [-0.2, -0.15) is 0 Å². The van der Waals surface area contributed by atoms with E-state index < -0.39 is 0 Å². The molecule has 0 bridgehead atoms. The number of methoxy groups -OCH3 is 1. The van der Waals surface area contributed by atoms with E-state index in [-0.39, 0.29) is 24.4 Å². The summed E-state index contributed by atoms with van der Waals surface area (Å²) in [5.74, 6) is -0.581. The van der Waals surface area contributed by atoms with E-state index in [2.05, 4.69) is 10.1 Å². The van der Waals surface area contributed by atoms with E-state index >= 15 is 0 Å². The van der Waals surface area contributed by atoms with Crippen molar-refractivity contribution >= 4 is 5.97 Å². The Balaban J connectivity index is 2.50. The van der Waals surface area contributed by atoms with Crippen LogP contribution in [-0.4, -0.2) is 19.6 Å². The Labute approximate surface area is 88.2 Å². The number of carbonyl (C=O) groups excluding carboxylic acids is 1. The fraction of sp³-hybridized carbons (Fsp3) is 0.364. The Bertz CT molecular complexity index is 324. The minimum atomic E-state index is -0.316. The van der Waals surface area contributed by atoms with Gasteiger partial charge in [0, 0.05) is 6.04 Å². The van der Waals surface area contributed by atoms with Crippen molar-refractivity contribution in [3.63, 3.8) is 0 Å². The maximum Gasteiger partial charge on any atom is 0.319 e. The molecule has 0 aromatic heterocycles. The first-order valence-electron chi connectivity index (χ1n) is 4.69. The molecule has 82 valence electrons. The van der Waals surface area contributed by atoms with Gasteiger partial charge in [0.1, 0.15) is 5.82 Å². The average Bonchev–Trinajstić information content (AvgIpc) is 2.26. The van der Waals surface area contributed by atoms with Crippen LogP contribution in [0.25, 0.3) is 0 Å². The van der Waals surface area contributed by atoms with Crippen LogP contribution in [-0.2, 0) is 9.53 Å². The second-order valence-electron chi connectivity index (χ2n) is 3.23. The summed E-state index contributed by atoms with van der Waals surface area (Å²) in [5.41, 5.74) is 0.931. The molecule has 0 heterocycles. The maximum absolute atomic E-state index is 12.6. The molecule has 0 saturated carbocycles. The summed E-state index contributed by atoms with van der Waals surface area (Å²) in [6.07, 6.45) is 0. The van der Waals surface area contributed by atoms with Crippen molar-refractivity contribution < 1.29 is 13.9 Å². The zero-order chi connectivity index (χ0) is 11.3. The van der Waals surface area contributed by atoms with Crippen LogP contribution in [0.3, 0.4) is 0 Å². The van der Waals surface area contributed by atoms with Crippen molar-refractivity contribution in [2.75, 3.05) is 13.7 Å². The molecule has 1 aromatic rings. The van der Waals surface area contributed by atoms with Crippen molar-refractivity contribution in [1.29, 1.82) is 0 Å². The Morgan fingerprint density at radius 1 is 1.47 bits per heavy atom. The first-order valence-corrected chi connectivity index (χ1v) is 4.69. The zero-order valence-electron chi connectivity index (χ0n) is 8.79. The van der Waals surface area contributed by atoms with Crippen LogP contribution in [0.4, 0.5) is 4.39 Å². The van der Waals surface area contributed by atoms with Gasteiger partial charge in [0.15, 0.2) is 0 Å². The van der Waals surface area contributed by atoms with E-state index in [4.69, 9.17) is 0 Å². The van der Waals surface area contributed by atoms with Crippen LogP contribution in [0.2, 0.25) is 0 Å². The molecule has 0 fully saturated rings. The van der Waals surface area contributed by atoms with Crippen LogP contribution >= 0.6 is 0 Å². The van der Waals surface area contributed by atoms with Crippen LogP contribution in [0.1, 0.15) is 18.5 Å². The summed E-state index contributed by atoms with van der Waals surface area (Å²) in [6.45, 7) is 2.05. The standard InChI is InChI=1S/C11H14FNO2/c1-8(13-7-11(14)15-2)9-3-5-10(12)6-4-9/h3-6,8,13H,7H2,1-2H3/t8-/m1/s1. The largest absolute Gasteiger partial charge is 0.468 e. The van der Waals surface area contributed by atoms with Gasteiger partial charge in [-0.05, 0) is 24.6 Å². The number of ether oxygens (including phenoxy) is 1. The molecule has 0 radical (unpaired) electrons. The predicted octanol–water partition coefficient (Wildman–Crippen LogP) is 1.65. The summed E-state index contributed by atoms with van der Waals surface area (Å²) in [6, 6.07) is 6.15. The number of hydrogen-bond donors (Lipinski definition) is 1. The number of rotatable bonds is 4. The first kappa shape index (κ1) is 11.7. The molecule has 1 N–H and O–H groups in total. The van der Waals surface area contributed by atoms with E-state index in [1.54, 1.807) is 12.1 Å². The highest BCUT2D eigenvalue weighted by molar-refractivity contribution is 5.71. The molecule has 1 rings (SSSR count). The lowest BCUT2D eigenvalue weighted by Crippen LogP contribution is -2.26. The van der Waals surface area contributed by atoms with E-state index in [1.165, 1.54) is 19.2 Å². The van der Waals surface area contributed by atoms with Crippen LogP contribution in [0, 0.1) is 5.82 Å². The Morgan fingerprint density at radius 2 is 2.07 bits per heavy atom. The lowest BCUT2D eigenvalue weighted by molar-refractivity contribution is -0.139. The van der Waals surface area contributed by atoms with Gasteiger partial charge in [-0.15, -0.1) is 0 Å². The third-order valence-corrected chi connectivity index (χ3v) is 2.15. The summed E-state index contributed by atoms with van der Waals surface area (Å²) in [7, 11) is 1.34. The highest BCUT2D eigenvalue weighted by Crippen LogP contribution is 2.12. The van der Waals surface area contributed by atoms with Crippen LogP contribution < -0.4 is 5.32 Å². The molecular weight excluding hydrogens is 197 g/mol. The number of hydrogen-bond acceptors (Lipinski definition) is 3. The molecule has 0 spiro atoms. The van der Waals surface area contributed by atoms with Crippen molar-refractivity contribution in [1.82, 2.24) is 5.32 Å². The molecule has 3 nitrogen and oxygen atoms in total. The molecule has 1 atom stereocenters. The lowest BCUT2D eigenvalue weighted by atomic mass is 10.1. The van der Waals surface area contributed by atoms with Gasteiger partial charge >= 0.3 is 5.97 Å². The van der Waals surface area contributed by atoms with Crippen molar-refractivity contribution in [3.05, 3.63) is 35.6 Å². The summed E-state index contributed by atoms with van der Waals surface area (Å²) < 4.78 is 17.1. The minimum absolute atomic E-state index is 0.00954.